The van der Waals surface area contributed by atoms with Crippen molar-refractivity contribution in [1.82, 2.24) is 0 Å². The fourth-order valence-electron chi connectivity index (χ4n) is 3.40. The number of hydrogen-bond donors (Lipinski definition) is 0. The molecule has 2 aliphatic rings. The van der Waals surface area contributed by atoms with E-state index in [0.717, 1.165) is 22.1 Å². The van der Waals surface area contributed by atoms with Crippen molar-refractivity contribution in [2.45, 2.75) is 17.4 Å². The van der Waals surface area contributed by atoms with Gasteiger partial charge in [-0.1, -0.05) is 34.1 Å². The molecule has 0 bridgehead atoms. The highest BCUT2D eigenvalue weighted by molar-refractivity contribution is 9.10. The molecule has 120 valence electrons. The van der Waals surface area contributed by atoms with Crippen LogP contribution in [0.5, 0.6) is 0 Å². The van der Waals surface area contributed by atoms with Gasteiger partial charge in [0.25, 0.3) is 10.0 Å². The number of nitrogens with zero attached hydrogens (tertiary/aromatic N) is 1. The molecule has 0 spiro atoms. The molecule has 0 amide bonds. The zero-order valence-electron chi connectivity index (χ0n) is 12.4. The number of fused-ring (bicyclic) bond motifs is 3. The molecular weight excluding hydrogens is 378 g/mol. The summed E-state index contributed by atoms with van der Waals surface area (Å²) in [7, 11) is -3.56. The van der Waals surface area contributed by atoms with E-state index in [4.69, 9.17) is 4.74 Å². The molecule has 6 heteroatoms. The fourth-order valence-corrected chi connectivity index (χ4v) is 5.35. The minimum absolute atomic E-state index is 0.00952. The summed E-state index contributed by atoms with van der Waals surface area (Å²) in [6.45, 7) is 1.15. The maximum Gasteiger partial charge on any atom is 0.264 e. The third-order valence-corrected chi connectivity index (χ3v) is 6.80. The Morgan fingerprint density at radius 3 is 2.70 bits per heavy atom. The Balaban J connectivity index is 1.86. The summed E-state index contributed by atoms with van der Waals surface area (Å²) in [5, 5.41) is 0. The molecule has 2 aliphatic heterocycles. The van der Waals surface area contributed by atoms with Gasteiger partial charge in [0.1, 0.15) is 0 Å². The first-order valence-electron chi connectivity index (χ1n) is 7.56. The smallest absolute Gasteiger partial charge is 0.264 e. The van der Waals surface area contributed by atoms with E-state index in [9.17, 15) is 8.42 Å². The van der Waals surface area contributed by atoms with Gasteiger partial charge in [-0.15, -0.1) is 0 Å². The number of sulfonamides is 1. The molecule has 23 heavy (non-hydrogen) atoms. The largest absolute Gasteiger partial charge is 0.373 e. The fraction of sp³-hybridized carbons (Fsp3) is 0.294. The standard InChI is InChI=1S/C17H16BrNO3S/c18-13-6-7-16-15(10-13)17-12(8-9-22-17)11-19(16)23(20,21)14-4-2-1-3-5-14/h1-7,10,12,17H,8-9,11H2. The van der Waals surface area contributed by atoms with E-state index in [0.29, 0.717) is 18.0 Å². The summed E-state index contributed by atoms with van der Waals surface area (Å²) in [5.41, 5.74) is 1.67. The molecule has 2 unspecified atom stereocenters. The lowest BCUT2D eigenvalue weighted by molar-refractivity contribution is 0.0899. The molecule has 2 aromatic rings. The number of halogens is 1. The molecule has 0 saturated carbocycles. The van der Waals surface area contributed by atoms with Crippen LogP contribution in [0.1, 0.15) is 18.1 Å². The highest BCUT2D eigenvalue weighted by atomic mass is 79.9. The van der Waals surface area contributed by atoms with Gasteiger partial charge in [-0.25, -0.2) is 8.42 Å². The SMILES string of the molecule is O=S(=O)(c1ccccc1)N1CC2CCOC2c2cc(Br)ccc21. The predicted octanol–water partition coefficient (Wildman–Crippen LogP) is 3.74. The van der Waals surface area contributed by atoms with Crippen LogP contribution >= 0.6 is 15.9 Å². The first-order valence-corrected chi connectivity index (χ1v) is 9.79. The summed E-state index contributed by atoms with van der Waals surface area (Å²) < 4.78 is 34.5. The van der Waals surface area contributed by atoms with Gasteiger partial charge >= 0.3 is 0 Å². The van der Waals surface area contributed by atoms with Crippen molar-refractivity contribution < 1.29 is 13.2 Å². The third-order valence-electron chi connectivity index (χ3n) is 4.51. The van der Waals surface area contributed by atoms with E-state index in [1.807, 2.05) is 24.3 Å². The molecule has 0 radical (unpaired) electrons. The number of ether oxygens (including phenoxy) is 1. The maximum absolute atomic E-state index is 13.1. The third kappa shape index (κ3) is 2.49. The average Bonchev–Trinajstić information content (AvgIpc) is 3.03. The van der Waals surface area contributed by atoms with E-state index in [1.54, 1.807) is 28.6 Å². The van der Waals surface area contributed by atoms with Crippen molar-refractivity contribution in [3.63, 3.8) is 0 Å². The summed E-state index contributed by atoms with van der Waals surface area (Å²) in [6, 6.07) is 14.3. The molecule has 4 rings (SSSR count). The summed E-state index contributed by atoms with van der Waals surface area (Å²) in [5.74, 6) is 0.204. The number of rotatable bonds is 2. The van der Waals surface area contributed by atoms with Crippen LogP contribution in [0.2, 0.25) is 0 Å². The van der Waals surface area contributed by atoms with Crippen molar-refractivity contribution in [2.75, 3.05) is 17.5 Å². The average molecular weight is 394 g/mol. The minimum atomic E-state index is -3.56. The van der Waals surface area contributed by atoms with E-state index < -0.39 is 10.0 Å². The second-order valence-corrected chi connectivity index (χ2v) is 8.67. The molecule has 0 aliphatic carbocycles. The summed E-state index contributed by atoms with van der Waals surface area (Å²) >= 11 is 3.48. The molecule has 2 aromatic carbocycles. The van der Waals surface area contributed by atoms with Crippen molar-refractivity contribution in [2.24, 2.45) is 5.92 Å². The van der Waals surface area contributed by atoms with E-state index in [2.05, 4.69) is 15.9 Å². The topological polar surface area (TPSA) is 46.6 Å². The zero-order valence-corrected chi connectivity index (χ0v) is 14.8. The van der Waals surface area contributed by atoms with Crippen molar-refractivity contribution in [3.05, 3.63) is 58.6 Å². The Labute approximate surface area is 144 Å². The van der Waals surface area contributed by atoms with Gasteiger partial charge in [0.15, 0.2) is 0 Å². The normalized spacial score (nSPS) is 23.4. The van der Waals surface area contributed by atoms with Crippen LogP contribution in [0.3, 0.4) is 0 Å². The van der Waals surface area contributed by atoms with Gasteiger partial charge in [0.2, 0.25) is 0 Å². The Morgan fingerprint density at radius 2 is 1.91 bits per heavy atom. The van der Waals surface area contributed by atoms with Gasteiger partial charge in [-0.2, -0.15) is 0 Å². The van der Waals surface area contributed by atoms with Crippen molar-refractivity contribution >= 4 is 31.6 Å². The van der Waals surface area contributed by atoms with Gasteiger partial charge in [-0.05, 0) is 36.8 Å². The zero-order chi connectivity index (χ0) is 16.0. The maximum atomic E-state index is 13.1. The lowest BCUT2D eigenvalue weighted by Gasteiger charge is -2.36. The summed E-state index contributed by atoms with van der Waals surface area (Å²) in [6.07, 6.45) is 0.877. The Bertz CT molecular complexity index is 838. The molecule has 2 atom stereocenters. The van der Waals surface area contributed by atoms with Crippen LogP contribution in [0.25, 0.3) is 0 Å². The minimum Gasteiger partial charge on any atom is -0.373 e. The predicted molar refractivity (Wildman–Crippen MR) is 91.9 cm³/mol. The lowest BCUT2D eigenvalue weighted by atomic mass is 9.90. The van der Waals surface area contributed by atoms with Crippen LogP contribution in [0.4, 0.5) is 5.69 Å². The molecule has 1 saturated heterocycles. The Morgan fingerprint density at radius 1 is 1.13 bits per heavy atom. The lowest BCUT2D eigenvalue weighted by Crippen LogP contribution is -2.40. The number of benzene rings is 2. The van der Waals surface area contributed by atoms with E-state index >= 15 is 0 Å². The van der Waals surface area contributed by atoms with Gasteiger partial charge < -0.3 is 4.74 Å². The van der Waals surface area contributed by atoms with E-state index in [1.165, 1.54) is 0 Å². The van der Waals surface area contributed by atoms with Gasteiger partial charge in [-0.3, -0.25) is 4.31 Å². The second-order valence-electron chi connectivity index (χ2n) is 5.89. The summed E-state index contributed by atoms with van der Waals surface area (Å²) in [4.78, 5) is 0.325. The molecular formula is C17H16BrNO3S. The van der Waals surface area contributed by atoms with Gasteiger partial charge in [0.05, 0.1) is 16.7 Å². The first kappa shape index (κ1) is 15.2. The first-order chi connectivity index (χ1) is 11.1. The molecule has 1 fully saturated rings. The van der Waals surface area contributed by atoms with Crippen molar-refractivity contribution in [1.29, 1.82) is 0 Å². The second kappa shape index (κ2) is 5.61. The molecule has 0 N–H and O–H groups in total. The van der Waals surface area contributed by atoms with Crippen LogP contribution in [0, 0.1) is 5.92 Å². The Hall–Kier alpha value is -1.37. The van der Waals surface area contributed by atoms with Crippen molar-refractivity contribution in [3.8, 4) is 0 Å². The number of anilines is 1. The number of hydrogen-bond acceptors (Lipinski definition) is 3. The quantitative estimate of drug-likeness (QED) is 0.780. The highest BCUT2D eigenvalue weighted by Crippen LogP contribution is 2.46. The van der Waals surface area contributed by atoms with E-state index in [-0.39, 0.29) is 12.0 Å². The molecule has 0 aromatic heterocycles. The van der Waals surface area contributed by atoms with Gasteiger partial charge in [0, 0.05) is 29.1 Å². The van der Waals surface area contributed by atoms with Crippen LogP contribution in [-0.4, -0.2) is 21.6 Å². The van der Waals surface area contributed by atoms with Crippen LogP contribution in [-0.2, 0) is 14.8 Å². The molecule has 4 nitrogen and oxygen atoms in total. The van der Waals surface area contributed by atoms with Crippen LogP contribution in [0.15, 0.2) is 57.9 Å². The van der Waals surface area contributed by atoms with Crippen LogP contribution < -0.4 is 4.31 Å². The monoisotopic (exact) mass is 393 g/mol. The molecule has 2 heterocycles. The highest BCUT2D eigenvalue weighted by Gasteiger charge is 2.41. The Kier molecular flexibility index (Phi) is 3.70.